The monoisotopic (exact) mass is 238 g/mol. The van der Waals surface area contributed by atoms with Crippen molar-refractivity contribution in [2.75, 3.05) is 0 Å². The van der Waals surface area contributed by atoms with E-state index in [9.17, 15) is 4.79 Å². The molecule has 0 saturated carbocycles. The molecule has 0 unspecified atom stereocenters. The molecule has 1 rings (SSSR count). The van der Waals surface area contributed by atoms with E-state index in [2.05, 4.69) is 15.9 Å². The largest absolute Gasteiger partial charge is 0.295 e. The van der Waals surface area contributed by atoms with Crippen molar-refractivity contribution in [3.63, 3.8) is 0 Å². The van der Waals surface area contributed by atoms with Crippen LogP contribution in [0.25, 0.3) is 5.57 Å². The highest BCUT2D eigenvalue weighted by Crippen LogP contribution is 2.23. The van der Waals surface area contributed by atoms with Crippen LogP contribution in [-0.4, -0.2) is 5.78 Å². The van der Waals surface area contributed by atoms with E-state index in [0.717, 1.165) is 15.6 Å². The quantitative estimate of drug-likeness (QED) is 0.722. The molecule has 0 heterocycles. The molecule has 68 valence electrons. The molecule has 1 nitrogen and oxygen atoms in total. The fourth-order valence-corrected chi connectivity index (χ4v) is 1.76. The van der Waals surface area contributed by atoms with E-state index in [1.54, 1.807) is 13.0 Å². The van der Waals surface area contributed by atoms with Gasteiger partial charge in [-0.05, 0) is 37.1 Å². The van der Waals surface area contributed by atoms with Gasteiger partial charge in [0, 0.05) is 4.47 Å². The fraction of sp³-hybridized carbons (Fsp3) is 0.182. The Morgan fingerprint density at radius 2 is 1.92 bits per heavy atom. The molecule has 0 fully saturated rings. The van der Waals surface area contributed by atoms with Crippen LogP contribution in [0.4, 0.5) is 0 Å². The highest BCUT2D eigenvalue weighted by molar-refractivity contribution is 9.10. The third-order valence-corrected chi connectivity index (χ3v) is 2.41. The van der Waals surface area contributed by atoms with Gasteiger partial charge in [0.1, 0.15) is 0 Å². The summed E-state index contributed by atoms with van der Waals surface area (Å²) >= 11 is 3.43. The van der Waals surface area contributed by atoms with Gasteiger partial charge in [-0.2, -0.15) is 0 Å². The number of hydrogen-bond acceptors (Lipinski definition) is 1. The number of halogens is 1. The maximum absolute atomic E-state index is 10.8. The first-order valence-corrected chi connectivity index (χ1v) is 4.84. The number of allylic oxidation sites excluding steroid dienone is 2. The number of ketones is 1. The Morgan fingerprint density at radius 3 is 2.46 bits per heavy atom. The van der Waals surface area contributed by atoms with Gasteiger partial charge in [0.05, 0.1) is 0 Å². The van der Waals surface area contributed by atoms with Gasteiger partial charge in [-0.15, -0.1) is 0 Å². The Labute approximate surface area is 86.6 Å². The number of hydrogen-bond donors (Lipinski definition) is 0. The van der Waals surface area contributed by atoms with E-state index in [0.29, 0.717) is 0 Å². The lowest BCUT2D eigenvalue weighted by Crippen LogP contribution is -1.86. The summed E-state index contributed by atoms with van der Waals surface area (Å²) in [7, 11) is 0. The van der Waals surface area contributed by atoms with Crippen molar-refractivity contribution in [1.82, 2.24) is 0 Å². The lowest BCUT2D eigenvalue weighted by atomic mass is 10.1. The van der Waals surface area contributed by atoms with E-state index >= 15 is 0 Å². The molecule has 0 aromatic heterocycles. The zero-order valence-corrected chi connectivity index (χ0v) is 9.26. The van der Waals surface area contributed by atoms with Gasteiger partial charge in [0.25, 0.3) is 0 Å². The van der Waals surface area contributed by atoms with Crippen LogP contribution in [0, 0.1) is 0 Å². The molecule has 0 spiro atoms. The molecular formula is C11H11BrO. The normalized spacial score (nSPS) is 11.5. The second-order valence-corrected chi connectivity index (χ2v) is 3.77. The van der Waals surface area contributed by atoms with Crippen LogP contribution in [0.3, 0.4) is 0 Å². The summed E-state index contributed by atoms with van der Waals surface area (Å²) in [5.41, 5.74) is 2.05. The van der Waals surface area contributed by atoms with Crippen LogP contribution < -0.4 is 0 Å². The first-order chi connectivity index (χ1) is 6.11. The van der Waals surface area contributed by atoms with Gasteiger partial charge in [0.15, 0.2) is 5.78 Å². The zero-order chi connectivity index (χ0) is 9.84. The van der Waals surface area contributed by atoms with E-state index in [-0.39, 0.29) is 5.78 Å². The molecule has 1 aromatic rings. The SMILES string of the molecule is CC(=O)/C=C(/C)c1ccccc1Br. The number of rotatable bonds is 2. The first kappa shape index (κ1) is 10.2. The summed E-state index contributed by atoms with van der Waals surface area (Å²) in [6.07, 6.45) is 1.64. The predicted molar refractivity (Wildman–Crippen MR) is 58.5 cm³/mol. The summed E-state index contributed by atoms with van der Waals surface area (Å²) in [5.74, 6) is 0.0771. The Balaban J connectivity index is 3.08. The van der Waals surface area contributed by atoms with Crippen LogP contribution >= 0.6 is 15.9 Å². The summed E-state index contributed by atoms with van der Waals surface area (Å²) in [6, 6.07) is 7.86. The lowest BCUT2D eigenvalue weighted by molar-refractivity contribution is -0.112. The Morgan fingerprint density at radius 1 is 1.31 bits per heavy atom. The summed E-state index contributed by atoms with van der Waals surface area (Å²) < 4.78 is 1.02. The molecule has 0 aliphatic carbocycles. The standard InChI is InChI=1S/C11H11BrO/c1-8(7-9(2)13)10-5-3-4-6-11(10)12/h3-7H,1-2H3/b8-7-. The lowest BCUT2D eigenvalue weighted by Gasteiger charge is -2.02. The molecule has 0 aliphatic rings. The minimum atomic E-state index is 0.0771. The Kier molecular flexibility index (Phi) is 3.43. The third kappa shape index (κ3) is 2.81. The van der Waals surface area contributed by atoms with Crippen LogP contribution in [0.1, 0.15) is 19.4 Å². The summed E-state index contributed by atoms with van der Waals surface area (Å²) in [4.78, 5) is 10.8. The average Bonchev–Trinajstić information content (AvgIpc) is 2.03. The van der Waals surface area contributed by atoms with Gasteiger partial charge in [-0.25, -0.2) is 0 Å². The third-order valence-electron chi connectivity index (χ3n) is 1.72. The predicted octanol–water partition coefficient (Wildman–Crippen LogP) is 3.44. The van der Waals surface area contributed by atoms with Crippen LogP contribution in [-0.2, 0) is 4.79 Å². The van der Waals surface area contributed by atoms with Crippen molar-refractivity contribution in [1.29, 1.82) is 0 Å². The van der Waals surface area contributed by atoms with Crippen molar-refractivity contribution in [3.05, 3.63) is 40.4 Å². The molecule has 0 N–H and O–H groups in total. The summed E-state index contributed by atoms with van der Waals surface area (Å²) in [5, 5.41) is 0. The number of carbonyl (C=O) groups is 1. The van der Waals surface area contributed by atoms with Crippen molar-refractivity contribution >= 4 is 27.3 Å². The number of benzene rings is 1. The minimum absolute atomic E-state index is 0.0771. The molecule has 1 aromatic carbocycles. The van der Waals surface area contributed by atoms with E-state index in [4.69, 9.17) is 0 Å². The van der Waals surface area contributed by atoms with Gasteiger partial charge in [0.2, 0.25) is 0 Å². The maximum atomic E-state index is 10.8. The first-order valence-electron chi connectivity index (χ1n) is 4.05. The minimum Gasteiger partial charge on any atom is -0.295 e. The molecule has 0 aliphatic heterocycles. The highest BCUT2D eigenvalue weighted by atomic mass is 79.9. The van der Waals surface area contributed by atoms with E-state index in [1.165, 1.54) is 0 Å². The molecule has 0 amide bonds. The maximum Gasteiger partial charge on any atom is 0.152 e. The van der Waals surface area contributed by atoms with Crippen molar-refractivity contribution in [3.8, 4) is 0 Å². The van der Waals surface area contributed by atoms with Crippen LogP contribution in [0.5, 0.6) is 0 Å². The molecule has 0 radical (unpaired) electrons. The highest BCUT2D eigenvalue weighted by Gasteiger charge is 2.00. The average molecular weight is 239 g/mol. The molecule has 0 saturated heterocycles. The Bertz CT molecular complexity index is 353. The van der Waals surface area contributed by atoms with Crippen molar-refractivity contribution in [2.24, 2.45) is 0 Å². The van der Waals surface area contributed by atoms with Crippen LogP contribution in [0.2, 0.25) is 0 Å². The summed E-state index contributed by atoms with van der Waals surface area (Å²) in [6.45, 7) is 3.49. The van der Waals surface area contributed by atoms with Gasteiger partial charge in [-0.1, -0.05) is 34.1 Å². The van der Waals surface area contributed by atoms with E-state index in [1.807, 2.05) is 31.2 Å². The number of carbonyl (C=O) groups excluding carboxylic acids is 1. The van der Waals surface area contributed by atoms with Gasteiger partial charge in [-0.3, -0.25) is 4.79 Å². The molecule has 13 heavy (non-hydrogen) atoms. The topological polar surface area (TPSA) is 17.1 Å². The van der Waals surface area contributed by atoms with Crippen molar-refractivity contribution in [2.45, 2.75) is 13.8 Å². The smallest absolute Gasteiger partial charge is 0.152 e. The second kappa shape index (κ2) is 4.38. The second-order valence-electron chi connectivity index (χ2n) is 2.92. The Hall–Kier alpha value is -0.890. The molecule has 0 bridgehead atoms. The van der Waals surface area contributed by atoms with Gasteiger partial charge < -0.3 is 0 Å². The van der Waals surface area contributed by atoms with E-state index < -0.39 is 0 Å². The van der Waals surface area contributed by atoms with Crippen molar-refractivity contribution < 1.29 is 4.79 Å². The molecule has 0 atom stereocenters. The zero-order valence-electron chi connectivity index (χ0n) is 7.67. The fourth-order valence-electron chi connectivity index (χ4n) is 1.16. The van der Waals surface area contributed by atoms with Gasteiger partial charge >= 0.3 is 0 Å². The molecule has 2 heteroatoms. The van der Waals surface area contributed by atoms with Crippen LogP contribution in [0.15, 0.2) is 34.8 Å². The molecular weight excluding hydrogens is 228 g/mol.